The van der Waals surface area contributed by atoms with Crippen molar-refractivity contribution in [2.75, 3.05) is 6.61 Å². The summed E-state index contributed by atoms with van der Waals surface area (Å²) in [6, 6.07) is 0. The molecular weight excluding hydrogens is 168 g/mol. The zero-order valence-electron chi connectivity index (χ0n) is 6.69. The van der Waals surface area contributed by atoms with E-state index in [1.807, 2.05) is 6.92 Å². The number of rotatable bonds is 3. The lowest BCUT2D eigenvalue weighted by Crippen LogP contribution is -1.98. The van der Waals surface area contributed by atoms with Crippen LogP contribution in [0.25, 0.3) is 0 Å². The molecule has 0 saturated heterocycles. The summed E-state index contributed by atoms with van der Waals surface area (Å²) in [6.45, 7) is 1.05. The van der Waals surface area contributed by atoms with Gasteiger partial charge in [-0.15, -0.1) is 0 Å². The summed E-state index contributed by atoms with van der Waals surface area (Å²) in [5.74, 6) is -1.76. The van der Waals surface area contributed by atoms with E-state index in [-0.39, 0.29) is 6.42 Å². The molecule has 0 bridgehead atoms. The average Bonchev–Trinajstić information content (AvgIpc) is 2.06. The van der Waals surface area contributed by atoms with Gasteiger partial charge in [0.1, 0.15) is 6.61 Å². The van der Waals surface area contributed by atoms with Crippen molar-refractivity contribution in [3.63, 3.8) is 0 Å². The molecule has 0 saturated carbocycles. The number of carboxylic acids is 1. The van der Waals surface area contributed by atoms with Crippen LogP contribution in [0.3, 0.4) is 0 Å². The van der Waals surface area contributed by atoms with E-state index in [4.69, 9.17) is 20.3 Å². The summed E-state index contributed by atoms with van der Waals surface area (Å²) in [7, 11) is 0. The van der Waals surface area contributed by atoms with Crippen molar-refractivity contribution in [3.05, 3.63) is 0 Å². The van der Waals surface area contributed by atoms with Crippen molar-refractivity contribution >= 4 is 11.9 Å². The molecule has 0 atom stereocenters. The van der Waals surface area contributed by atoms with Gasteiger partial charge in [-0.2, -0.15) is 5.26 Å². The van der Waals surface area contributed by atoms with E-state index in [2.05, 4.69) is 4.89 Å². The van der Waals surface area contributed by atoms with Crippen molar-refractivity contribution in [1.29, 1.82) is 0 Å². The van der Waals surface area contributed by atoms with E-state index in [0.29, 0.717) is 6.42 Å². The van der Waals surface area contributed by atoms with Gasteiger partial charge < -0.3 is 15.1 Å². The second-order valence-corrected chi connectivity index (χ2v) is 1.77. The normalized spacial score (nSPS) is 7.92. The van der Waals surface area contributed by atoms with Gasteiger partial charge in [0.05, 0.1) is 0 Å². The standard InChI is InChI=1S/C4H8O3.C2H4O3/c1-2-3-4(5)7-6;3-1-2(4)5/h6H,2-3H2,1H3;3H,1H2,(H,4,5). The number of aliphatic carboxylic acids is 1. The van der Waals surface area contributed by atoms with Crippen molar-refractivity contribution in [1.82, 2.24) is 0 Å². The van der Waals surface area contributed by atoms with Gasteiger partial charge in [-0.25, -0.2) is 9.59 Å². The molecule has 6 nitrogen and oxygen atoms in total. The third kappa shape index (κ3) is 15.9. The average molecular weight is 180 g/mol. The third-order valence-corrected chi connectivity index (χ3v) is 0.691. The van der Waals surface area contributed by atoms with Crippen LogP contribution in [-0.4, -0.2) is 34.0 Å². The molecule has 0 unspecified atom stereocenters. The fourth-order valence-corrected chi connectivity index (χ4v) is 0.250. The molecule has 6 heteroatoms. The lowest BCUT2D eigenvalue weighted by atomic mass is 10.3. The fourth-order valence-electron chi connectivity index (χ4n) is 0.250. The monoisotopic (exact) mass is 180 g/mol. The van der Waals surface area contributed by atoms with Gasteiger partial charge in [0.2, 0.25) is 0 Å². The van der Waals surface area contributed by atoms with Crippen LogP contribution in [0, 0.1) is 0 Å². The van der Waals surface area contributed by atoms with Gasteiger partial charge in [-0.1, -0.05) is 6.92 Å². The summed E-state index contributed by atoms with van der Waals surface area (Å²) in [6.07, 6.45) is 0.996. The minimum absolute atomic E-state index is 0.288. The first-order valence-electron chi connectivity index (χ1n) is 3.25. The molecule has 0 heterocycles. The highest BCUT2D eigenvalue weighted by atomic mass is 17.1. The Hall–Kier alpha value is -1.14. The summed E-state index contributed by atoms with van der Waals surface area (Å²) in [5.41, 5.74) is 0. The number of hydrogen-bond acceptors (Lipinski definition) is 5. The zero-order chi connectivity index (χ0) is 9.98. The Labute approximate surface area is 69.3 Å². The number of aliphatic hydroxyl groups excluding tert-OH is 1. The predicted octanol–water partition coefficient (Wildman–Crippen LogP) is -0.134. The van der Waals surface area contributed by atoms with Gasteiger partial charge in [-0.3, -0.25) is 0 Å². The van der Waals surface area contributed by atoms with Crippen LogP contribution in [0.1, 0.15) is 19.8 Å². The number of carbonyl (C=O) groups is 2. The summed E-state index contributed by atoms with van der Waals surface area (Å²) >= 11 is 0. The maximum Gasteiger partial charge on any atom is 0.342 e. The predicted molar refractivity (Wildman–Crippen MR) is 38.4 cm³/mol. The first-order chi connectivity index (χ1) is 5.58. The van der Waals surface area contributed by atoms with Gasteiger partial charge in [-0.05, 0) is 6.42 Å². The molecule has 3 N–H and O–H groups in total. The number of hydrogen-bond donors (Lipinski definition) is 3. The molecule has 0 radical (unpaired) electrons. The van der Waals surface area contributed by atoms with E-state index in [1.54, 1.807) is 0 Å². The molecule has 0 spiro atoms. The minimum atomic E-state index is -1.19. The Balaban J connectivity index is 0. The SMILES string of the molecule is CCCC(=O)OO.O=C(O)CO. The van der Waals surface area contributed by atoms with Crippen LogP contribution in [0.4, 0.5) is 0 Å². The molecule has 0 aliphatic rings. The lowest BCUT2D eigenvalue weighted by molar-refractivity contribution is -0.234. The van der Waals surface area contributed by atoms with E-state index in [9.17, 15) is 4.79 Å². The highest BCUT2D eigenvalue weighted by Crippen LogP contribution is 1.86. The van der Waals surface area contributed by atoms with Crippen LogP contribution < -0.4 is 0 Å². The van der Waals surface area contributed by atoms with Crippen LogP contribution in [0.15, 0.2) is 0 Å². The molecule has 0 amide bonds. The molecule has 12 heavy (non-hydrogen) atoms. The van der Waals surface area contributed by atoms with Crippen LogP contribution >= 0.6 is 0 Å². The highest BCUT2D eigenvalue weighted by Gasteiger charge is 1.95. The largest absolute Gasteiger partial charge is 0.480 e. The maximum atomic E-state index is 9.94. The van der Waals surface area contributed by atoms with Gasteiger partial charge in [0.25, 0.3) is 0 Å². The molecule has 0 aliphatic carbocycles. The van der Waals surface area contributed by atoms with Crippen molar-refractivity contribution in [2.45, 2.75) is 19.8 Å². The third-order valence-electron chi connectivity index (χ3n) is 0.691. The Bertz CT molecular complexity index is 132. The molecule has 0 aliphatic heterocycles. The van der Waals surface area contributed by atoms with E-state index in [0.717, 1.165) is 0 Å². The first-order valence-corrected chi connectivity index (χ1v) is 3.25. The van der Waals surface area contributed by atoms with Crippen LogP contribution in [0.2, 0.25) is 0 Å². The zero-order valence-corrected chi connectivity index (χ0v) is 6.69. The van der Waals surface area contributed by atoms with E-state index in [1.165, 1.54) is 0 Å². The Morgan fingerprint density at radius 1 is 1.42 bits per heavy atom. The molecular formula is C6H12O6. The number of aliphatic hydroxyl groups is 1. The maximum absolute atomic E-state index is 9.94. The Kier molecular flexibility index (Phi) is 11.1. The molecule has 72 valence electrons. The topological polar surface area (TPSA) is 104 Å². The van der Waals surface area contributed by atoms with Gasteiger partial charge in [0, 0.05) is 6.42 Å². The fraction of sp³-hybridized carbons (Fsp3) is 0.667. The van der Waals surface area contributed by atoms with Gasteiger partial charge >= 0.3 is 11.9 Å². The van der Waals surface area contributed by atoms with Crippen LogP contribution in [0.5, 0.6) is 0 Å². The Morgan fingerprint density at radius 2 is 1.83 bits per heavy atom. The van der Waals surface area contributed by atoms with Crippen molar-refractivity contribution < 1.29 is 29.9 Å². The van der Waals surface area contributed by atoms with E-state index < -0.39 is 18.5 Å². The molecule has 0 aromatic heterocycles. The van der Waals surface area contributed by atoms with Gasteiger partial charge in [0.15, 0.2) is 0 Å². The molecule has 0 aromatic carbocycles. The highest BCUT2D eigenvalue weighted by molar-refractivity contribution is 5.68. The van der Waals surface area contributed by atoms with Crippen LogP contribution in [-0.2, 0) is 14.5 Å². The second-order valence-electron chi connectivity index (χ2n) is 1.77. The molecule has 0 aromatic rings. The summed E-state index contributed by atoms with van der Waals surface area (Å²) in [4.78, 5) is 22.4. The lowest BCUT2D eigenvalue weighted by Gasteiger charge is -1.87. The molecule has 0 fully saturated rings. The molecule has 0 rings (SSSR count). The smallest absolute Gasteiger partial charge is 0.342 e. The minimum Gasteiger partial charge on any atom is -0.480 e. The first kappa shape index (κ1) is 13.4. The summed E-state index contributed by atoms with van der Waals surface area (Å²) in [5, 5.41) is 22.6. The van der Waals surface area contributed by atoms with Crippen molar-refractivity contribution in [3.8, 4) is 0 Å². The number of carbonyl (C=O) groups excluding carboxylic acids is 1. The van der Waals surface area contributed by atoms with E-state index >= 15 is 0 Å². The second kappa shape index (κ2) is 9.86. The Morgan fingerprint density at radius 3 is 1.92 bits per heavy atom. The number of carboxylic acid groups (broad SMARTS) is 1. The van der Waals surface area contributed by atoms with Crippen molar-refractivity contribution in [2.24, 2.45) is 0 Å². The quantitative estimate of drug-likeness (QED) is 0.412. The summed E-state index contributed by atoms with van der Waals surface area (Å²) < 4.78 is 0.